The fourth-order valence-corrected chi connectivity index (χ4v) is 2.45. The van der Waals surface area contributed by atoms with Gasteiger partial charge in [0, 0.05) is 5.56 Å². The third-order valence-corrected chi connectivity index (χ3v) is 3.63. The average Bonchev–Trinajstić information content (AvgIpc) is 2.53. The zero-order valence-corrected chi connectivity index (χ0v) is 12.3. The van der Waals surface area contributed by atoms with Crippen molar-refractivity contribution in [3.63, 3.8) is 0 Å². The monoisotopic (exact) mass is 293 g/mol. The fraction of sp³-hybridized carbons (Fsp3) is 0.0556. The SMILES string of the molecule is NC(=S)c1cccc(OCc2cccc3ccccc23)c1. The van der Waals surface area contributed by atoms with Gasteiger partial charge in [0.25, 0.3) is 0 Å². The Kier molecular flexibility index (Phi) is 3.84. The van der Waals surface area contributed by atoms with E-state index < -0.39 is 0 Å². The Labute approximate surface area is 129 Å². The Morgan fingerprint density at radius 3 is 2.57 bits per heavy atom. The minimum atomic E-state index is 0.380. The molecule has 0 aliphatic carbocycles. The first-order valence-corrected chi connectivity index (χ1v) is 7.14. The smallest absolute Gasteiger partial charge is 0.120 e. The molecule has 3 aromatic carbocycles. The van der Waals surface area contributed by atoms with Crippen molar-refractivity contribution in [3.05, 3.63) is 77.9 Å². The second kappa shape index (κ2) is 5.94. The molecule has 0 unspecified atom stereocenters. The van der Waals surface area contributed by atoms with E-state index >= 15 is 0 Å². The van der Waals surface area contributed by atoms with Crippen LogP contribution in [0.25, 0.3) is 10.8 Å². The van der Waals surface area contributed by atoms with Gasteiger partial charge in [-0.1, -0.05) is 66.8 Å². The number of nitrogens with two attached hydrogens (primary N) is 1. The van der Waals surface area contributed by atoms with Gasteiger partial charge in [0.05, 0.1) is 0 Å². The summed E-state index contributed by atoms with van der Waals surface area (Å²) in [5, 5.41) is 2.43. The number of rotatable bonds is 4. The van der Waals surface area contributed by atoms with Crippen LogP contribution in [-0.4, -0.2) is 4.99 Å². The maximum absolute atomic E-state index is 5.88. The van der Waals surface area contributed by atoms with Crippen LogP contribution in [0.5, 0.6) is 5.75 Å². The van der Waals surface area contributed by atoms with Crippen LogP contribution in [0.2, 0.25) is 0 Å². The highest BCUT2D eigenvalue weighted by atomic mass is 32.1. The molecule has 3 heteroatoms. The van der Waals surface area contributed by atoms with E-state index in [-0.39, 0.29) is 0 Å². The second-order valence-corrected chi connectivity index (χ2v) is 5.26. The lowest BCUT2D eigenvalue weighted by molar-refractivity contribution is 0.307. The van der Waals surface area contributed by atoms with Gasteiger partial charge in [0.1, 0.15) is 17.3 Å². The zero-order chi connectivity index (χ0) is 14.7. The topological polar surface area (TPSA) is 35.2 Å². The number of benzene rings is 3. The molecule has 0 radical (unpaired) electrons. The van der Waals surface area contributed by atoms with Crippen LogP contribution >= 0.6 is 12.2 Å². The Balaban J connectivity index is 1.84. The highest BCUT2D eigenvalue weighted by Gasteiger charge is 2.03. The largest absolute Gasteiger partial charge is 0.489 e. The quantitative estimate of drug-likeness (QED) is 0.737. The molecule has 2 N–H and O–H groups in total. The summed E-state index contributed by atoms with van der Waals surface area (Å²) in [6.07, 6.45) is 0. The molecular weight excluding hydrogens is 278 g/mol. The summed E-state index contributed by atoms with van der Waals surface area (Å²) in [6.45, 7) is 0.516. The van der Waals surface area contributed by atoms with Crippen LogP contribution in [0.1, 0.15) is 11.1 Å². The average molecular weight is 293 g/mol. The van der Waals surface area contributed by atoms with Crippen molar-refractivity contribution in [2.45, 2.75) is 6.61 Å². The van der Waals surface area contributed by atoms with Crippen molar-refractivity contribution >= 4 is 28.0 Å². The van der Waals surface area contributed by atoms with Gasteiger partial charge in [-0.3, -0.25) is 0 Å². The van der Waals surface area contributed by atoms with Gasteiger partial charge in [-0.15, -0.1) is 0 Å². The van der Waals surface area contributed by atoms with E-state index in [0.717, 1.165) is 16.9 Å². The Bertz CT molecular complexity index is 793. The van der Waals surface area contributed by atoms with Crippen LogP contribution in [-0.2, 0) is 6.61 Å². The molecule has 3 aromatic rings. The molecule has 0 bridgehead atoms. The predicted molar refractivity (Wildman–Crippen MR) is 90.6 cm³/mol. The van der Waals surface area contributed by atoms with Crippen molar-refractivity contribution in [1.82, 2.24) is 0 Å². The molecule has 0 saturated carbocycles. The minimum Gasteiger partial charge on any atom is -0.489 e. The fourth-order valence-electron chi connectivity index (χ4n) is 2.32. The van der Waals surface area contributed by atoms with Gasteiger partial charge in [0.2, 0.25) is 0 Å². The summed E-state index contributed by atoms with van der Waals surface area (Å²) in [5.41, 5.74) is 7.62. The standard InChI is InChI=1S/C18H15NOS/c19-18(21)14-7-4-9-16(11-14)20-12-15-8-3-6-13-5-1-2-10-17(13)15/h1-11H,12H2,(H2,19,21). The molecular formula is C18H15NOS. The summed E-state index contributed by atoms with van der Waals surface area (Å²) >= 11 is 4.98. The van der Waals surface area contributed by atoms with Gasteiger partial charge in [0.15, 0.2) is 0 Å². The van der Waals surface area contributed by atoms with E-state index in [0.29, 0.717) is 11.6 Å². The molecule has 0 aromatic heterocycles. The molecule has 3 rings (SSSR count). The van der Waals surface area contributed by atoms with Crippen molar-refractivity contribution in [2.24, 2.45) is 5.73 Å². The van der Waals surface area contributed by atoms with E-state index in [1.54, 1.807) is 0 Å². The molecule has 0 aliphatic heterocycles. The first kappa shape index (κ1) is 13.6. The molecule has 0 fully saturated rings. The lowest BCUT2D eigenvalue weighted by Crippen LogP contribution is -2.09. The lowest BCUT2D eigenvalue weighted by atomic mass is 10.1. The van der Waals surface area contributed by atoms with Crippen LogP contribution in [0.15, 0.2) is 66.7 Å². The van der Waals surface area contributed by atoms with Gasteiger partial charge in [-0.05, 0) is 28.5 Å². The van der Waals surface area contributed by atoms with E-state index in [1.807, 2.05) is 42.5 Å². The number of fused-ring (bicyclic) bond motifs is 1. The normalized spacial score (nSPS) is 10.5. The van der Waals surface area contributed by atoms with E-state index in [1.165, 1.54) is 10.8 Å². The predicted octanol–water partition coefficient (Wildman–Crippen LogP) is 4.05. The van der Waals surface area contributed by atoms with Crippen LogP contribution < -0.4 is 10.5 Å². The molecule has 0 atom stereocenters. The van der Waals surface area contributed by atoms with Crippen molar-refractivity contribution in [2.75, 3.05) is 0 Å². The van der Waals surface area contributed by atoms with Crippen LogP contribution in [0, 0.1) is 0 Å². The summed E-state index contributed by atoms with van der Waals surface area (Å²) in [5.74, 6) is 0.772. The van der Waals surface area contributed by atoms with Crippen molar-refractivity contribution < 1.29 is 4.74 Å². The number of hydrogen-bond acceptors (Lipinski definition) is 2. The molecule has 0 saturated heterocycles. The summed E-state index contributed by atoms with van der Waals surface area (Å²) in [4.78, 5) is 0.380. The number of ether oxygens (including phenoxy) is 1. The van der Waals surface area contributed by atoms with Gasteiger partial charge < -0.3 is 10.5 Å². The molecule has 2 nitrogen and oxygen atoms in total. The molecule has 0 spiro atoms. The first-order chi connectivity index (χ1) is 10.2. The molecule has 0 amide bonds. The van der Waals surface area contributed by atoms with Gasteiger partial charge >= 0.3 is 0 Å². The highest BCUT2D eigenvalue weighted by Crippen LogP contribution is 2.21. The summed E-state index contributed by atoms with van der Waals surface area (Å²) < 4.78 is 5.88. The Hall–Kier alpha value is -2.39. The van der Waals surface area contributed by atoms with Gasteiger partial charge in [-0.2, -0.15) is 0 Å². The second-order valence-electron chi connectivity index (χ2n) is 4.82. The van der Waals surface area contributed by atoms with E-state index in [2.05, 4.69) is 24.3 Å². The zero-order valence-electron chi connectivity index (χ0n) is 11.5. The van der Waals surface area contributed by atoms with Crippen molar-refractivity contribution in [3.8, 4) is 5.75 Å². The molecule has 0 heterocycles. The Morgan fingerprint density at radius 2 is 1.71 bits per heavy atom. The first-order valence-electron chi connectivity index (χ1n) is 6.73. The molecule has 21 heavy (non-hydrogen) atoms. The maximum atomic E-state index is 5.88. The Morgan fingerprint density at radius 1 is 0.952 bits per heavy atom. The summed E-state index contributed by atoms with van der Waals surface area (Å²) in [6, 6.07) is 22.1. The molecule has 104 valence electrons. The summed E-state index contributed by atoms with van der Waals surface area (Å²) in [7, 11) is 0. The van der Waals surface area contributed by atoms with Gasteiger partial charge in [-0.25, -0.2) is 0 Å². The van der Waals surface area contributed by atoms with Crippen molar-refractivity contribution in [1.29, 1.82) is 0 Å². The van der Waals surface area contributed by atoms with E-state index in [4.69, 9.17) is 22.7 Å². The van der Waals surface area contributed by atoms with E-state index in [9.17, 15) is 0 Å². The highest BCUT2D eigenvalue weighted by molar-refractivity contribution is 7.80. The maximum Gasteiger partial charge on any atom is 0.120 e. The third kappa shape index (κ3) is 3.03. The lowest BCUT2D eigenvalue weighted by Gasteiger charge is -2.10. The minimum absolute atomic E-state index is 0.380. The third-order valence-electron chi connectivity index (χ3n) is 3.39. The van der Waals surface area contributed by atoms with Crippen LogP contribution in [0.3, 0.4) is 0 Å². The number of thiocarbonyl (C=S) groups is 1. The van der Waals surface area contributed by atoms with Crippen LogP contribution in [0.4, 0.5) is 0 Å². The molecule has 0 aliphatic rings. The number of hydrogen-bond donors (Lipinski definition) is 1.